The number of ether oxygens (including phenoxy) is 1. The summed E-state index contributed by atoms with van der Waals surface area (Å²) in [5.74, 6) is -0.879. The van der Waals surface area contributed by atoms with Crippen LogP contribution in [0.3, 0.4) is 0 Å². The fraction of sp³-hybridized carbons (Fsp3) is 0.231. The topological polar surface area (TPSA) is 55.4 Å². The molecule has 0 radical (unpaired) electrons. The lowest BCUT2D eigenvalue weighted by Crippen LogP contribution is -2.42. The van der Waals surface area contributed by atoms with Gasteiger partial charge in [0.05, 0.1) is 7.11 Å². The van der Waals surface area contributed by atoms with E-state index in [0.29, 0.717) is 6.42 Å². The Balaban J connectivity index is 2.77. The Morgan fingerprint density at radius 2 is 2.06 bits per heavy atom. The third-order valence-corrected chi connectivity index (χ3v) is 2.87. The van der Waals surface area contributed by atoms with Gasteiger partial charge in [0, 0.05) is 10.9 Å². The summed E-state index contributed by atoms with van der Waals surface area (Å²) in [7, 11) is 1.29. The Morgan fingerprint density at radius 3 is 2.56 bits per heavy atom. The van der Waals surface area contributed by atoms with Gasteiger partial charge in [-0.25, -0.2) is 4.79 Å². The van der Waals surface area contributed by atoms with Crippen molar-refractivity contribution in [1.82, 2.24) is 5.32 Å². The SMILES string of the molecule is C=CC(=O)N[C@H](Cc1ccc(Br)cc1)C(=O)OC. The lowest BCUT2D eigenvalue weighted by atomic mass is 10.1. The Morgan fingerprint density at radius 1 is 1.44 bits per heavy atom. The number of methoxy groups -OCH3 is 1. The lowest BCUT2D eigenvalue weighted by molar-refractivity contribution is -0.144. The predicted molar refractivity (Wildman–Crippen MR) is 72.0 cm³/mol. The zero-order valence-corrected chi connectivity index (χ0v) is 11.6. The number of benzene rings is 1. The monoisotopic (exact) mass is 311 g/mol. The number of nitrogens with one attached hydrogen (secondary N) is 1. The van der Waals surface area contributed by atoms with Gasteiger partial charge in [-0.3, -0.25) is 4.79 Å². The summed E-state index contributed by atoms with van der Waals surface area (Å²) in [6, 6.07) is 6.79. The van der Waals surface area contributed by atoms with E-state index in [4.69, 9.17) is 0 Å². The van der Waals surface area contributed by atoms with Crippen molar-refractivity contribution in [2.24, 2.45) is 0 Å². The molecule has 0 unspecified atom stereocenters. The molecule has 0 saturated heterocycles. The van der Waals surface area contributed by atoms with E-state index in [1.165, 1.54) is 7.11 Å². The van der Waals surface area contributed by atoms with Gasteiger partial charge in [-0.05, 0) is 23.8 Å². The van der Waals surface area contributed by atoms with Gasteiger partial charge in [0.15, 0.2) is 0 Å². The van der Waals surface area contributed by atoms with Crippen molar-refractivity contribution in [2.75, 3.05) is 7.11 Å². The van der Waals surface area contributed by atoms with Gasteiger partial charge in [-0.2, -0.15) is 0 Å². The van der Waals surface area contributed by atoms with Gasteiger partial charge >= 0.3 is 5.97 Å². The molecule has 5 heteroatoms. The zero-order chi connectivity index (χ0) is 13.5. The van der Waals surface area contributed by atoms with Gasteiger partial charge in [-0.1, -0.05) is 34.6 Å². The average molecular weight is 312 g/mol. The quantitative estimate of drug-likeness (QED) is 0.667. The number of rotatable bonds is 5. The summed E-state index contributed by atoms with van der Waals surface area (Å²) in [4.78, 5) is 22.8. The van der Waals surface area contributed by atoms with Crippen LogP contribution < -0.4 is 5.32 Å². The molecule has 0 aliphatic heterocycles. The third kappa shape index (κ3) is 4.33. The fourth-order valence-electron chi connectivity index (χ4n) is 1.42. The van der Waals surface area contributed by atoms with Gasteiger partial charge in [-0.15, -0.1) is 0 Å². The van der Waals surface area contributed by atoms with E-state index in [1.807, 2.05) is 24.3 Å². The normalized spacial score (nSPS) is 11.4. The molecule has 1 atom stereocenters. The van der Waals surface area contributed by atoms with E-state index in [0.717, 1.165) is 16.1 Å². The third-order valence-electron chi connectivity index (χ3n) is 2.34. The molecule has 0 heterocycles. The number of carbonyl (C=O) groups excluding carboxylic acids is 2. The maximum Gasteiger partial charge on any atom is 0.328 e. The van der Waals surface area contributed by atoms with E-state index >= 15 is 0 Å². The van der Waals surface area contributed by atoms with Crippen LogP contribution in [0.1, 0.15) is 5.56 Å². The number of amides is 1. The smallest absolute Gasteiger partial charge is 0.328 e. The standard InChI is InChI=1S/C13H14BrNO3/c1-3-12(16)15-11(13(17)18-2)8-9-4-6-10(14)7-5-9/h3-7,11H,1,8H2,2H3,(H,15,16)/t11-/m1/s1. The second kappa shape index (κ2) is 6.96. The van der Waals surface area contributed by atoms with Crippen LogP contribution in [-0.2, 0) is 20.7 Å². The highest BCUT2D eigenvalue weighted by Gasteiger charge is 2.20. The molecule has 0 spiro atoms. The van der Waals surface area contributed by atoms with Crippen molar-refractivity contribution in [2.45, 2.75) is 12.5 Å². The predicted octanol–water partition coefficient (Wildman–Crippen LogP) is 1.84. The Hall–Kier alpha value is -1.62. The Bertz CT molecular complexity index is 442. The molecule has 1 aromatic carbocycles. The van der Waals surface area contributed by atoms with E-state index < -0.39 is 17.9 Å². The number of halogens is 1. The van der Waals surface area contributed by atoms with Crippen LogP contribution in [0, 0.1) is 0 Å². The Kier molecular flexibility index (Phi) is 5.58. The molecule has 4 nitrogen and oxygen atoms in total. The molecule has 0 bridgehead atoms. The molecule has 0 saturated carbocycles. The minimum absolute atomic E-state index is 0.375. The number of carbonyl (C=O) groups is 2. The first kappa shape index (κ1) is 14.4. The van der Waals surface area contributed by atoms with E-state index in [2.05, 4.69) is 32.6 Å². The summed E-state index contributed by atoms with van der Waals surface area (Å²) in [6.45, 7) is 3.35. The summed E-state index contributed by atoms with van der Waals surface area (Å²) >= 11 is 3.33. The first-order valence-electron chi connectivity index (χ1n) is 5.32. The minimum Gasteiger partial charge on any atom is -0.467 e. The number of esters is 1. The highest BCUT2D eigenvalue weighted by atomic mass is 79.9. The fourth-order valence-corrected chi connectivity index (χ4v) is 1.69. The first-order chi connectivity index (χ1) is 8.56. The highest BCUT2D eigenvalue weighted by Crippen LogP contribution is 2.12. The molecule has 1 amide bonds. The second-order valence-electron chi connectivity index (χ2n) is 3.62. The van der Waals surface area contributed by atoms with Crippen LogP contribution >= 0.6 is 15.9 Å². The van der Waals surface area contributed by atoms with E-state index in [-0.39, 0.29) is 0 Å². The van der Waals surface area contributed by atoms with Crippen molar-refractivity contribution in [3.8, 4) is 0 Å². The molecule has 1 rings (SSSR count). The van der Waals surface area contributed by atoms with Gasteiger partial charge in [0.1, 0.15) is 6.04 Å². The molecule has 1 N–H and O–H groups in total. The number of hydrogen-bond acceptors (Lipinski definition) is 3. The molecule has 0 aliphatic carbocycles. The van der Waals surface area contributed by atoms with E-state index in [9.17, 15) is 9.59 Å². The van der Waals surface area contributed by atoms with Gasteiger partial charge in [0.2, 0.25) is 5.91 Å². The second-order valence-corrected chi connectivity index (χ2v) is 4.53. The van der Waals surface area contributed by atoms with Gasteiger partial charge < -0.3 is 10.1 Å². The summed E-state index contributed by atoms with van der Waals surface area (Å²) < 4.78 is 5.61. The lowest BCUT2D eigenvalue weighted by Gasteiger charge is -2.15. The summed E-state index contributed by atoms with van der Waals surface area (Å²) in [5.41, 5.74) is 0.929. The average Bonchev–Trinajstić information content (AvgIpc) is 2.39. The summed E-state index contributed by atoms with van der Waals surface area (Å²) in [5, 5.41) is 2.54. The maximum atomic E-state index is 11.6. The van der Waals surface area contributed by atoms with Crippen LogP contribution in [0.4, 0.5) is 0 Å². The molecule has 1 aromatic rings. The molecule has 0 aliphatic rings. The maximum absolute atomic E-state index is 11.6. The van der Waals surface area contributed by atoms with Crippen molar-refractivity contribution in [3.63, 3.8) is 0 Å². The van der Waals surface area contributed by atoms with Crippen molar-refractivity contribution in [1.29, 1.82) is 0 Å². The van der Waals surface area contributed by atoms with Gasteiger partial charge in [0.25, 0.3) is 0 Å². The van der Waals surface area contributed by atoms with Crippen molar-refractivity contribution in [3.05, 3.63) is 47.0 Å². The molecular weight excluding hydrogens is 298 g/mol. The minimum atomic E-state index is -0.707. The van der Waals surface area contributed by atoms with Crippen molar-refractivity contribution < 1.29 is 14.3 Å². The largest absolute Gasteiger partial charge is 0.467 e. The highest BCUT2D eigenvalue weighted by molar-refractivity contribution is 9.10. The molecule has 0 fully saturated rings. The molecule has 18 heavy (non-hydrogen) atoms. The van der Waals surface area contributed by atoms with Crippen LogP contribution in [0.2, 0.25) is 0 Å². The molecular formula is C13H14BrNO3. The first-order valence-corrected chi connectivity index (χ1v) is 6.11. The Labute approximate surface area is 114 Å². The van der Waals surface area contributed by atoms with Crippen molar-refractivity contribution >= 4 is 27.8 Å². The van der Waals surface area contributed by atoms with E-state index in [1.54, 1.807) is 0 Å². The molecule has 0 aromatic heterocycles. The summed E-state index contributed by atoms with van der Waals surface area (Å²) in [6.07, 6.45) is 1.50. The van der Waals surface area contributed by atoms with Crippen LogP contribution in [0.15, 0.2) is 41.4 Å². The molecule has 96 valence electrons. The zero-order valence-electron chi connectivity index (χ0n) is 9.98. The van der Waals surface area contributed by atoms with Crippen LogP contribution in [0.5, 0.6) is 0 Å². The van der Waals surface area contributed by atoms with Crippen LogP contribution in [-0.4, -0.2) is 25.0 Å². The number of hydrogen-bond donors (Lipinski definition) is 1. The van der Waals surface area contributed by atoms with Crippen LogP contribution in [0.25, 0.3) is 0 Å².